The molecule has 0 N–H and O–H groups in total. The van der Waals surface area contributed by atoms with Crippen LogP contribution in [0.4, 0.5) is 0 Å². The third-order valence-electron chi connectivity index (χ3n) is 2.75. The van der Waals surface area contributed by atoms with E-state index in [2.05, 4.69) is 43.9 Å². The van der Waals surface area contributed by atoms with Crippen molar-refractivity contribution in [1.82, 2.24) is 4.90 Å². The first-order valence-electron chi connectivity index (χ1n) is 5.82. The molecule has 1 nitrogen and oxygen atoms in total. The van der Waals surface area contributed by atoms with Crippen LogP contribution in [0.2, 0.25) is 0 Å². The van der Waals surface area contributed by atoms with Crippen molar-refractivity contribution in [3.8, 4) is 0 Å². The largest absolute Gasteiger partial charge is 0.297 e. The van der Waals surface area contributed by atoms with Crippen LogP contribution in [0, 0.1) is 0 Å². The van der Waals surface area contributed by atoms with E-state index in [4.69, 9.17) is 0 Å². The predicted octanol–water partition coefficient (Wildman–Crippen LogP) is 3.38. The zero-order valence-corrected chi connectivity index (χ0v) is 9.79. The van der Waals surface area contributed by atoms with Gasteiger partial charge in [-0.2, -0.15) is 0 Å². The zero-order valence-electron chi connectivity index (χ0n) is 9.79. The molecule has 0 aromatic heterocycles. The smallest absolute Gasteiger partial charge is 0.0198 e. The second-order valence-corrected chi connectivity index (χ2v) is 4.36. The van der Waals surface area contributed by atoms with Crippen LogP contribution in [0.3, 0.4) is 0 Å². The lowest BCUT2D eigenvalue weighted by Gasteiger charge is -2.27. The van der Waals surface area contributed by atoms with Crippen LogP contribution >= 0.6 is 0 Å². The molecule has 0 spiro atoms. The fraction of sp³-hybridized carbons (Fsp3) is 0.692. The highest BCUT2D eigenvalue weighted by Crippen LogP contribution is 2.14. The second-order valence-electron chi connectivity index (χ2n) is 4.36. The average Bonchev–Trinajstić information content (AvgIpc) is 2.18. The maximum atomic E-state index is 2.56. The first kappa shape index (κ1) is 11.5. The molecule has 0 heterocycles. The normalized spacial score (nSPS) is 16.5. The summed E-state index contributed by atoms with van der Waals surface area (Å²) >= 11 is 0. The summed E-state index contributed by atoms with van der Waals surface area (Å²) in [6.07, 6.45) is 10.5. The van der Waals surface area contributed by atoms with Gasteiger partial charge in [0.15, 0.2) is 0 Å². The Morgan fingerprint density at radius 2 is 2.21 bits per heavy atom. The van der Waals surface area contributed by atoms with Crippen molar-refractivity contribution in [2.75, 3.05) is 13.1 Å². The summed E-state index contributed by atoms with van der Waals surface area (Å²) < 4.78 is 0. The SMILES string of the molecule is CCCN(CC1=CC=CCC1)C(C)C. The molecule has 14 heavy (non-hydrogen) atoms. The Labute approximate surface area is 88.5 Å². The molecule has 1 aliphatic carbocycles. The first-order valence-corrected chi connectivity index (χ1v) is 5.82. The molecule has 0 unspecified atom stereocenters. The fourth-order valence-electron chi connectivity index (χ4n) is 1.85. The number of allylic oxidation sites excluding steroid dienone is 3. The highest BCUT2D eigenvalue weighted by molar-refractivity contribution is 5.18. The molecule has 0 amide bonds. The summed E-state index contributed by atoms with van der Waals surface area (Å²) in [7, 11) is 0. The monoisotopic (exact) mass is 193 g/mol. The van der Waals surface area contributed by atoms with Gasteiger partial charge in [-0.3, -0.25) is 4.90 Å². The van der Waals surface area contributed by atoms with E-state index in [1.165, 1.54) is 25.8 Å². The van der Waals surface area contributed by atoms with Gasteiger partial charge >= 0.3 is 0 Å². The second kappa shape index (κ2) is 6.02. The van der Waals surface area contributed by atoms with E-state index in [0.29, 0.717) is 6.04 Å². The van der Waals surface area contributed by atoms with E-state index in [0.717, 1.165) is 6.54 Å². The van der Waals surface area contributed by atoms with Crippen molar-refractivity contribution in [3.05, 3.63) is 23.8 Å². The van der Waals surface area contributed by atoms with Crippen LogP contribution in [0.5, 0.6) is 0 Å². The topological polar surface area (TPSA) is 3.24 Å². The molecule has 0 bridgehead atoms. The van der Waals surface area contributed by atoms with E-state index in [-0.39, 0.29) is 0 Å². The Bertz CT molecular complexity index is 213. The highest BCUT2D eigenvalue weighted by Gasteiger charge is 2.10. The number of hydrogen-bond donors (Lipinski definition) is 0. The van der Waals surface area contributed by atoms with E-state index in [9.17, 15) is 0 Å². The molecule has 0 fully saturated rings. The minimum atomic E-state index is 0.668. The van der Waals surface area contributed by atoms with Crippen LogP contribution in [0.15, 0.2) is 23.8 Å². The van der Waals surface area contributed by atoms with Gasteiger partial charge in [-0.1, -0.05) is 30.7 Å². The van der Waals surface area contributed by atoms with Gasteiger partial charge in [0.2, 0.25) is 0 Å². The summed E-state index contributed by atoms with van der Waals surface area (Å²) in [5, 5.41) is 0. The Morgan fingerprint density at radius 1 is 1.43 bits per heavy atom. The number of hydrogen-bond acceptors (Lipinski definition) is 1. The molecule has 1 aliphatic rings. The lowest BCUT2D eigenvalue weighted by Crippen LogP contribution is -2.33. The molecule has 1 rings (SSSR count). The summed E-state index contributed by atoms with van der Waals surface area (Å²) in [5.41, 5.74) is 1.59. The third-order valence-corrected chi connectivity index (χ3v) is 2.75. The molecule has 0 aliphatic heterocycles. The lowest BCUT2D eigenvalue weighted by molar-refractivity contribution is 0.239. The minimum Gasteiger partial charge on any atom is -0.297 e. The van der Waals surface area contributed by atoms with E-state index in [1.807, 2.05) is 0 Å². The van der Waals surface area contributed by atoms with Gasteiger partial charge in [0.05, 0.1) is 0 Å². The molecule has 0 atom stereocenters. The Kier molecular flexibility index (Phi) is 4.95. The lowest BCUT2D eigenvalue weighted by atomic mass is 10.0. The van der Waals surface area contributed by atoms with Gasteiger partial charge < -0.3 is 0 Å². The zero-order chi connectivity index (χ0) is 10.4. The maximum Gasteiger partial charge on any atom is 0.0198 e. The van der Waals surface area contributed by atoms with Gasteiger partial charge in [-0.25, -0.2) is 0 Å². The summed E-state index contributed by atoms with van der Waals surface area (Å²) in [6, 6.07) is 0.668. The average molecular weight is 193 g/mol. The van der Waals surface area contributed by atoms with Gasteiger partial charge in [-0.05, 0) is 39.7 Å². The summed E-state index contributed by atoms with van der Waals surface area (Å²) in [5.74, 6) is 0. The van der Waals surface area contributed by atoms with Gasteiger partial charge in [0, 0.05) is 12.6 Å². The van der Waals surface area contributed by atoms with Crippen molar-refractivity contribution < 1.29 is 0 Å². The predicted molar refractivity (Wildman–Crippen MR) is 63.5 cm³/mol. The molecule has 0 aromatic carbocycles. The quantitative estimate of drug-likeness (QED) is 0.647. The van der Waals surface area contributed by atoms with E-state index >= 15 is 0 Å². The summed E-state index contributed by atoms with van der Waals surface area (Å²) in [4.78, 5) is 2.56. The molecule has 0 radical (unpaired) electrons. The number of rotatable bonds is 5. The number of nitrogens with zero attached hydrogens (tertiary/aromatic N) is 1. The van der Waals surface area contributed by atoms with Crippen LogP contribution in [0.1, 0.15) is 40.0 Å². The molecular formula is C13H23N. The van der Waals surface area contributed by atoms with Crippen molar-refractivity contribution >= 4 is 0 Å². The minimum absolute atomic E-state index is 0.668. The molecule has 0 saturated heterocycles. The molecular weight excluding hydrogens is 170 g/mol. The van der Waals surface area contributed by atoms with Crippen LogP contribution < -0.4 is 0 Å². The van der Waals surface area contributed by atoms with E-state index < -0.39 is 0 Å². The van der Waals surface area contributed by atoms with E-state index in [1.54, 1.807) is 5.57 Å². The van der Waals surface area contributed by atoms with Crippen molar-refractivity contribution in [2.24, 2.45) is 0 Å². The fourth-order valence-corrected chi connectivity index (χ4v) is 1.85. The maximum absolute atomic E-state index is 2.56. The van der Waals surface area contributed by atoms with Gasteiger partial charge in [-0.15, -0.1) is 0 Å². The van der Waals surface area contributed by atoms with Crippen molar-refractivity contribution in [1.29, 1.82) is 0 Å². The van der Waals surface area contributed by atoms with Gasteiger partial charge in [0.1, 0.15) is 0 Å². The highest BCUT2D eigenvalue weighted by atomic mass is 15.1. The molecule has 80 valence electrons. The molecule has 0 saturated carbocycles. The van der Waals surface area contributed by atoms with Gasteiger partial charge in [0.25, 0.3) is 0 Å². The Balaban J connectivity index is 2.45. The van der Waals surface area contributed by atoms with Crippen LogP contribution in [0.25, 0.3) is 0 Å². The first-order chi connectivity index (χ1) is 6.74. The Hall–Kier alpha value is -0.560. The Morgan fingerprint density at radius 3 is 2.71 bits per heavy atom. The molecule has 1 heteroatoms. The van der Waals surface area contributed by atoms with Crippen LogP contribution in [-0.2, 0) is 0 Å². The third kappa shape index (κ3) is 3.67. The standard InChI is InChI=1S/C13H23N/c1-4-10-14(12(2)3)11-13-8-6-5-7-9-13/h5-6,8,12H,4,7,9-11H2,1-3H3. The van der Waals surface area contributed by atoms with Crippen molar-refractivity contribution in [3.63, 3.8) is 0 Å². The van der Waals surface area contributed by atoms with Crippen LogP contribution in [-0.4, -0.2) is 24.0 Å². The summed E-state index contributed by atoms with van der Waals surface area (Å²) in [6.45, 7) is 9.21. The molecule has 0 aromatic rings. The van der Waals surface area contributed by atoms with Crippen molar-refractivity contribution in [2.45, 2.75) is 46.1 Å².